The van der Waals surface area contributed by atoms with Gasteiger partial charge in [-0.3, -0.25) is 4.79 Å². The number of hydrogen-bond acceptors (Lipinski definition) is 3. The molecule has 0 fully saturated rings. The number of anilines is 1. The van der Waals surface area contributed by atoms with Crippen LogP contribution in [0.5, 0.6) is 0 Å². The number of carbonyl (C=O) groups is 1. The molecule has 3 nitrogen and oxygen atoms in total. The summed E-state index contributed by atoms with van der Waals surface area (Å²) < 4.78 is 0. The van der Waals surface area contributed by atoms with Crippen molar-refractivity contribution in [1.82, 2.24) is 5.32 Å². The van der Waals surface area contributed by atoms with E-state index in [2.05, 4.69) is 11.2 Å². The van der Waals surface area contributed by atoms with Gasteiger partial charge in [-0.15, -0.1) is 18.2 Å². The quantitative estimate of drug-likeness (QED) is 0.470. The maximum absolute atomic E-state index is 11.3. The lowest BCUT2D eigenvalue weighted by Gasteiger charge is -2.04. The fourth-order valence-electron chi connectivity index (χ4n) is 1.09. The maximum atomic E-state index is 11.3. The summed E-state index contributed by atoms with van der Waals surface area (Å²) in [5.74, 6) is 2.66. The summed E-state index contributed by atoms with van der Waals surface area (Å²) in [5.41, 5.74) is 7.49. The van der Waals surface area contributed by atoms with Crippen molar-refractivity contribution in [3.05, 3.63) is 23.8 Å². The van der Waals surface area contributed by atoms with Gasteiger partial charge in [-0.2, -0.15) is 0 Å². The zero-order valence-electron chi connectivity index (χ0n) is 9.12. The van der Waals surface area contributed by atoms with E-state index in [1.54, 1.807) is 0 Å². The molecule has 3 N–H and O–H groups in total. The van der Waals surface area contributed by atoms with Crippen molar-refractivity contribution in [2.75, 3.05) is 18.0 Å². The molecule has 0 aliphatic rings. The minimum Gasteiger partial charge on any atom is -0.399 e. The molecule has 0 radical (unpaired) electrons. The van der Waals surface area contributed by atoms with E-state index < -0.39 is 0 Å². The first-order valence-electron chi connectivity index (χ1n) is 4.82. The summed E-state index contributed by atoms with van der Waals surface area (Å²) in [5, 5.41) is 2.61. The van der Waals surface area contributed by atoms with Crippen LogP contribution in [0.25, 0.3) is 0 Å². The number of nitrogens with one attached hydrogen (secondary N) is 1. The molecule has 84 valence electrons. The Labute approximate surface area is 99.8 Å². The summed E-state index contributed by atoms with van der Waals surface area (Å²) in [6.07, 6.45) is 5.04. The summed E-state index contributed by atoms with van der Waals surface area (Å²) in [6.45, 7) is 2.22. The molecule has 1 amide bonds. The fourth-order valence-corrected chi connectivity index (χ4v) is 1.91. The second-order valence-corrected chi connectivity index (χ2v) is 4.34. The van der Waals surface area contributed by atoms with Crippen molar-refractivity contribution in [3.63, 3.8) is 0 Å². The van der Waals surface area contributed by atoms with Gasteiger partial charge in [0, 0.05) is 10.6 Å². The van der Waals surface area contributed by atoms with Crippen LogP contribution in [-0.4, -0.2) is 18.2 Å². The molecule has 1 aromatic rings. The Bertz CT molecular complexity index is 424. The molecule has 0 atom stereocenters. The topological polar surface area (TPSA) is 55.1 Å². The van der Waals surface area contributed by atoms with Crippen LogP contribution in [0.15, 0.2) is 23.1 Å². The number of rotatable bonds is 4. The standard InChI is InChI=1S/C12H14N2OS/c1-3-6-14-12(15)8-16-10-4-5-11(13)9(2)7-10/h1,4-5,7H,6,8,13H2,2H3,(H,14,15). The molecule has 0 bridgehead atoms. The molecule has 0 spiro atoms. The van der Waals surface area contributed by atoms with Crippen molar-refractivity contribution in [3.8, 4) is 12.3 Å². The third kappa shape index (κ3) is 3.87. The smallest absolute Gasteiger partial charge is 0.231 e. The molecular formula is C12H14N2OS. The number of benzene rings is 1. The number of hydrogen-bond donors (Lipinski definition) is 2. The number of amides is 1. The third-order valence-electron chi connectivity index (χ3n) is 2.00. The van der Waals surface area contributed by atoms with Gasteiger partial charge in [0.1, 0.15) is 0 Å². The molecule has 4 heteroatoms. The zero-order chi connectivity index (χ0) is 12.0. The molecular weight excluding hydrogens is 220 g/mol. The number of nitrogens with two attached hydrogens (primary N) is 1. The van der Waals surface area contributed by atoms with E-state index >= 15 is 0 Å². The molecule has 0 aliphatic heterocycles. The van der Waals surface area contributed by atoms with Crippen LogP contribution in [-0.2, 0) is 4.79 Å². The highest BCUT2D eigenvalue weighted by atomic mass is 32.2. The molecule has 0 saturated heterocycles. The molecule has 1 aromatic carbocycles. The molecule has 1 rings (SSSR count). The first-order chi connectivity index (χ1) is 7.63. The Morgan fingerprint density at radius 2 is 2.38 bits per heavy atom. The first-order valence-corrected chi connectivity index (χ1v) is 5.81. The highest BCUT2D eigenvalue weighted by Crippen LogP contribution is 2.21. The maximum Gasteiger partial charge on any atom is 0.231 e. The van der Waals surface area contributed by atoms with E-state index in [1.165, 1.54) is 11.8 Å². The van der Waals surface area contributed by atoms with Crippen LogP contribution < -0.4 is 11.1 Å². The third-order valence-corrected chi connectivity index (χ3v) is 2.99. The van der Waals surface area contributed by atoms with Crippen LogP contribution >= 0.6 is 11.8 Å². The predicted octanol–water partition coefficient (Wildman–Crippen LogP) is 1.42. The van der Waals surface area contributed by atoms with Crippen LogP contribution in [0, 0.1) is 19.3 Å². The summed E-state index contributed by atoms with van der Waals surface area (Å²) >= 11 is 1.47. The van der Waals surface area contributed by atoms with Gasteiger partial charge in [-0.05, 0) is 30.7 Å². The average Bonchev–Trinajstić information content (AvgIpc) is 2.28. The van der Waals surface area contributed by atoms with E-state index in [-0.39, 0.29) is 12.5 Å². The molecule has 0 aromatic heterocycles. The lowest BCUT2D eigenvalue weighted by Crippen LogP contribution is -2.25. The summed E-state index contributed by atoms with van der Waals surface area (Å²) in [4.78, 5) is 12.3. The van der Waals surface area contributed by atoms with Gasteiger partial charge >= 0.3 is 0 Å². The normalized spacial score (nSPS) is 9.50. The molecule has 16 heavy (non-hydrogen) atoms. The van der Waals surface area contributed by atoms with Gasteiger partial charge in [0.15, 0.2) is 0 Å². The number of terminal acetylenes is 1. The second-order valence-electron chi connectivity index (χ2n) is 3.29. The molecule has 0 aliphatic carbocycles. The van der Waals surface area contributed by atoms with Crippen LogP contribution in [0.2, 0.25) is 0 Å². The number of carbonyl (C=O) groups excluding carboxylic acids is 1. The van der Waals surface area contributed by atoms with E-state index in [0.717, 1.165) is 16.1 Å². The van der Waals surface area contributed by atoms with E-state index in [1.807, 2.05) is 25.1 Å². The first kappa shape index (κ1) is 12.5. The van der Waals surface area contributed by atoms with Gasteiger partial charge in [0.05, 0.1) is 12.3 Å². The van der Waals surface area contributed by atoms with Gasteiger partial charge in [-0.1, -0.05) is 5.92 Å². The number of aryl methyl sites for hydroxylation is 1. The minimum absolute atomic E-state index is 0.0579. The largest absolute Gasteiger partial charge is 0.399 e. The average molecular weight is 234 g/mol. The summed E-state index contributed by atoms with van der Waals surface area (Å²) in [6, 6.07) is 5.72. The van der Waals surface area contributed by atoms with Crippen LogP contribution in [0.1, 0.15) is 5.56 Å². The van der Waals surface area contributed by atoms with Gasteiger partial charge in [0.25, 0.3) is 0 Å². The van der Waals surface area contributed by atoms with Gasteiger partial charge in [-0.25, -0.2) is 0 Å². The predicted molar refractivity (Wildman–Crippen MR) is 68.2 cm³/mol. The number of thioether (sulfide) groups is 1. The number of nitrogen functional groups attached to an aromatic ring is 1. The van der Waals surface area contributed by atoms with Crippen molar-refractivity contribution < 1.29 is 4.79 Å². The van der Waals surface area contributed by atoms with Crippen molar-refractivity contribution in [2.24, 2.45) is 0 Å². The van der Waals surface area contributed by atoms with Gasteiger partial charge in [0.2, 0.25) is 5.91 Å². The van der Waals surface area contributed by atoms with Crippen molar-refractivity contribution in [1.29, 1.82) is 0 Å². The highest BCUT2D eigenvalue weighted by molar-refractivity contribution is 8.00. The monoisotopic (exact) mass is 234 g/mol. The fraction of sp³-hybridized carbons (Fsp3) is 0.250. The lowest BCUT2D eigenvalue weighted by atomic mass is 10.2. The van der Waals surface area contributed by atoms with Crippen LogP contribution in [0.3, 0.4) is 0 Å². The van der Waals surface area contributed by atoms with Crippen LogP contribution in [0.4, 0.5) is 5.69 Å². The van der Waals surface area contributed by atoms with E-state index in [0.29, 0.717) is 5.75 Å². The lowest BCUT2D eigenvalue weighted by molar-refractivity contribution is -0.118. The Morgan fingerprint density at radius 1 is 1.62 bits per heavy atom. The second kappa shape index (κ2) is 6.09. The van der Waals surface area contributed by atoms with Gasteiger partial charge < -0.3 is 11.1 Å². The molecule has 0 heterocycles. The Hall–Kier alpha value is -1.60. The Kier molecular flexibility index (Phi) is 4.74. The van der Waals surface area contributed by atoms with E-state index in [9.17, 15) is 4.79 Å². The SMILES string of the molecule is C#CCNC(=O)CSc1ccc(N)c(C)c1. The highest BCUT2D eigenvalue weighted by Gasteiger charge is 2.02. The molecule has 0 unspecified atom stereocenters. The molecule has 0 saturated carbocycles. The van der Waals surface area contributed by atoms with Crippen molar-refractivity contribution in [2.45, 2.75) is 11.8 Å². The Balaban J connectivity index is 2.46. The summed E-state index contributed by atoms with van der Waals surface area (Å²) in [7, 11) is 0. The zero-order valence-corrected chi connectivity index (χ0v) is 9.93. The minimum atomic E-state index is -0.0579. The van der Waals surface area contributed by atoms with Crippen molar-refractivity contribution >= 4 is 23.4 Å². The van der Waals surface area contributed by atoms with E-state index in [4.69, 9.17) is 12.2 Å². The Morgan fingerprint density at radius 3 is 3.00 bits per heavy atom.